The highest BCUT2D eigenvalue weighted by molar-refractivity contribution is 7.98. The smallest absolute Gasteiger partial charge is 0.303 e. The molecule has 0 bridgehead atoms. The lowest BCUT2D eigenvalue weighted by atomic mass is 10.2. The fourth-order valence-corrected chi connectivity index (χ4v) is 1.45. The van der Waals surface area contributed by atoms with Gasteiger partial charge in [0.05, 0.1) is 5.56 Å². The third kappa shape index (κ3) is 2.98. The van der Waals surface area contributed by atoms with E-state index in [1.807, 2.05) is 0 Å². The van der Waals surface area contributed by atoms with Crippen LogP contribution < -0.4 is 11.3 Å². The Hall–Kier alpha value is -1.50. The number of carboxylic acid groups (broad SMARTS) is 1. The van der Waals surface area contributed by atoms with E-state index in [-0.39, 0.29) is 29.8 Å². The molecule has 6 nitrogen and oxygen atoms in total. The van der Waals surface area contributed by atoms with Crippen LogP contribution in [0.2, 0.25) is 0 Å². The first-order chi connectivity index (χ1) is 7.04. The fourth-order valence-electron chi connectivity index (χ4n) is 1.06. The molecular formula is C8H11N3O3S. The lowest BCUT2D eigenvalue weighted by Gasteiger charge is -2.03. The number of aliphatic carboxylic acids is 1. The minimum Gasteiger partial charge on any atom is -0.481 e. The third-order valence-electron chi connectivity index (χ3n) is 1.81. The van der Waals surface area contributed by atoms with Crippen LogP contribution >= 0.6 is 11.8 Å². The first-order valence-electron chi connectivity index (χ1n) is 4.19. The molecule has 0 aliphatic heterocycles. The zero-order valence-corrected chi connectivity index (χ0v) is 8.93. The molecule has 1 rings (SSSR count). The van der Waals surface area contributed by atoms with Gasteiger partial charge in [-0.25, -0.2) is 4.98 Å². The highest BCUT2D eigenvalue weighted by Crippen LogP contribution is 2.11. The molecule has 0 fully saturated rings. The Labute approximate surface area is 89.9 Å². The average molecular weight is 229 g/mol. The van der Waals surface area contributed by atoms with Crippen LogP contribution in [0, 0.1) is 0 Å². The van der Waals surface area contributed by atoms with E-state index >= 15 is 0 Å². The standard InChI is InChI=1S/C8H11N3O3S/c1-15-8-10-6(9)4(7(14)11-8)2-3-5(12)13/h2-3H2,1H3,(H,12,13)(H3,9,10,11,14). The van der Waals surface area contributed by atoms with Gasteiger partial charge in [0.15, 0.2) is 5.16 Å². The predicted molar refractivity (Wildman–Crippen MR) is 57.0 cm³/mol. The maximum atomic E-state index is 11.5. The molecule has 0 aliphatic rings. The summed E-state index contributed by atoms with van der Waals surface area (Å²) in [5.41, 5.74) is 5.41. The molecule has 4 N–H and O–H groups in total. The number of hydrogen-bond acceptors (Lipinski definition) is 5. The maximum absolute atomic E-state index is 11.5. The Kier molecular flexibility index (Phi) is 3.73. The number of carbonyl (C=O) groups is 1. The third-order valence-corrected chi connectivity index (χ3v) is 2.39. The normalized spacial score (nSPS) is 10.2. The summed E-state index contributed by atoms with van der Waals surface area (Å²) in [6.07, 6.45) is 1.72. The molecule has 0 spiro atoms. The van der Waals surface area contributed by atoms with Gasteiger partial charge >= 0.3 is 5.97 Å². The van der Waals surface area contributed by atoms with Crippen molar-refractivity contribution in [3.8, 4) is 0 Å². The van der Waals surface area contributed by atoms with Crippen molar-refractivity contribution < 1.29 is 9.90 Å². The number of nitrogens with zero attached hydrogens (tertiary/aromatic N) is 1. The zero-order chi connectivity index (χ0) is 11.4. The van der Waals surface area contributed by atoms with Crippen LogP contribution in [-0.4, -0.2) is 27.3 Å². The number of carboxylic acids is 1. The van der Waals surface area contributed by atoms with Crippen LogP contribution in [0.5, 0.6) is 0 Å². The number of nitrogen functional groups attached to an aromatic ring is 1. The topological polar surface area (TPSA) is 109 Å². The lowest BCUT2D eigenvalue weighted by Crippen LogP contribution is -2.19. The summed E-state index contributed by atoms with van der Waals surface area (Å²) in [5.74, 6) is -0.868. The van der Waals surface area contributed by atoms with Crippen molar-refractivity contribution >= 4 is 23.5 Å². The van der Waals surface area contributed by atoms with Crippen molar-refractivity contribution in [3.63, 3.8) is 0 Å². The van der Waals surface area contributed by atoms with Gasteiger partial charge in [0.2, 0.25) is 0 Å². The number of H-pyrrole nitrogens is 1. The molecule has 15 heavy (non-hydrogen) atoms. The largest absolute Gasteiger partial charge is 0.481 e. The molecule has 0 radical (unpaired) electrons. The van der Waals surface area contributed by atoms with Crippen molar-refractivity contribution in [1.82, 2.24) is 9.97 Å². The van der Waals surface area contributed by atoms with E-state index in [1.54, 1.807) is 6.26 Å². The molecule has 1 heterocycles. The Balaban J connectivity index is 2.98. The van der Waals surface area contributed by atoms with Crippen LogP contribution in [-0.2, 0) is 11.2 Å². The molecule has 0 aromatic carbocycles. The van der Waals surface area contributed by atoms with Gasteiger partial charge in [-0.15, -0.1) is 0 Å². The van der Waals surface area contributed by atoms with Crippen LogP contribution in [0.3, 0.4) is 0 Å². The quantitative estimate of drug-likeness (QED) is 0.498. The van der Waals surface area contributed by atoms with Crippen LogP contribution in [0.15, 0.2) is 9.95 Å². The number of rotatable bonds is 4. The van der Waals surface area contributed by atoms with Gasteiger partial charge in [0.25, 0.3) is 5.56 Å². The molecule has 0 saturated carbocycles. The summed E-state index contributed by atoms with van der Waals surface area (Å²) < 4.78 is 0. The monoisotopic (exact) mass is 229 g/mol. The average Bonchev–Trinajstić information content (AvgIpc) is 2.15. The highest BCUT2D eigenvalue weighted by atomic mass is 32.2. The Morgan fingerprint density at radius 2 is 2.33 bits per heavy atom. The highest BCUT2D eigenvalue weighted by Gasteiger charge is 2.10. The van der Waals surface area contributed by atoms with Crippen molar-refractivity contribution in [2.24, 2.45) is 0 Å². The van der Waals surface area contributed by atoms with E-state index in [1.165, 1.54) is 11.8 Å². The van der Waals surface area contributed by atoms with Crippen molar-refractivity contribution in [2.45, 2.75) is 18.0 Å². The summed E-state index contributed by atoms with van der Waals surface area (Å²) in [7, 11) is 0. The number of nitrogens with two attached hydrogens (primary N) is 1. The molecule has 7 heteroatoms. The minimum absolute atomic E-state index is 0.0954. The van der Waals surface area contributed by atoms with Crippen molar-refractivity contribution in [3.05, 3.63) is 15.9 Å². The molecule has 1 aromatic rings. The molecular weight excluding hydrogens is 218 g/mol. The van der Waals surface area contributed by atoms with E-state index in [2.05, 4.69) is 9.97 Å². The molecule has 0 amide bonds. The number of aromatic amines is 1. The van der Waals surface area contributed by atoms with Gasteiger partial charge in [0, 0.05) is 6.42 Å². The molecule has 82 valence electrons. The molecule has 0 atom stereocenters. The molecule has 0 aliphatic carbocycles. The number of nitrogens with one attached hydrogen (secondary N) is 1. The number of anilines is 1. The second-order valence-electron chi connectivity index (χ2n) is 2.83. The minimum atomic E-state index is -0.970. The van der Waals surface area contributed by atoms with E-state index in [0.717, 1.165) is 0 Å². The Morgan fingerprint density at radius 3 is 2.80 bits per heavy atom. The van der Waals surface area contributed by atoms with Gasteiger partial charge < -0.3 is 15.8 Å². The van der Waals surface area contributed by atoms with E-state index in [4.69, 9.17) is 10.8 Å². The SMILES string of the molecule is CSc1nc(N)c(CCC(=O)O)c(=O)[nH]1. The van der Waals surface area contributed by atoms with Crippen molar-refractivity contribution in [2.75, 3.05) is 12.0 Å². The Bertz CT molecular complexity index is 430. The van der Waals surface area contributed by atoms with Crippen LogP contribution in [0.1, 0.15) is 12.0 Å². The molecule has 1 aromatic heterocycles. The lowest BCUT2D eigenvalue weighted by molar-refractivity contribution is -0.136. The van der Waals surface area contributed by atoms with E-state index < -0.39 is 5.97 Å². The first-order valence-corrected chi connectivity index (χ1v) is 5.41. The zero-order valence-electron chi connectivity index (χ0n) is 8.11. The summed E-state index contributed by atoms with van der Waals surface area (Å²) in [6, 6.07) is 0. The van der Waals surface area contributed by atoms with E-state index in [9.17, 15) is 9.59 Å². The van der Waals surface area contributed by atoms with E-state index in [0.29, 0.717) is 5.16 Å². The maximum Gasteiger partial charge on any atom is 0.303 e. The van der Waals surface area contributed by atoms with Gasteiger partial charge in [-0.2, -0.15) is 0 Å². The second-order valence-corrected chi connectivity index (χ2v) is 3.63. The summed E-state index contributed by atoms with van der Waals surface area (Å²) in [4.78, 5) is 28.2. The number of hydrogen-bond donors (Lipinski definition) is 3. The summed E-state index contributed by atoms with van der Waals surface area (Å²) in [6.45, 7) is 0. The van der Waals surface area contributed by atoms with Gasteiger partial charge in [-0.1, -0.05) is 11.8 Å². The second kappa shape index (κ2) is 4.83. The van der Waals surface area contributed by atoms with Gasteiger partial charge in [0.1, 0.15) is 5.82 Å². The summed E-state index contributed by atoms with van der Waals surface area (Å²) >= 11 is 1.27. The van der Waals surface area contributed by atoms with Gasteiger partial charge in [-0.3, -0.25) is 9.59 Å². The fraction of sp³-hybridized carbons (Fsp3) is 0.375. The van der Waals surface area contributed by atoms with Crippen molar-refractivity contribution in [1.29, 1.82) is 0 Å². The first kappa shape index (κ1) is 11.6. The van der Waals surface area contributed by atoms with Crippen LogP contribution in [0.25, 0.3) is 0 Å². The predicted octanol–water partition coefficient (Wildman–Crippen LogP) is 0.0912. The number of thioether (sulfide) groups is 1. The Morgan fingerprint density at radius 1 is 1.67 bits per heavy atom. The molecule has 0 saturated heterocycles. The molecule has 0 unspecified atom stereocenters. The summed E-state index contributed by atoms with van der Waals surface area (Å²) in [5, 5.41) is 8.91. The van der Waals surface area contributed by atoms with Gasteiger partial charge in [-0.05, 0) is 12.7 Å². The van der Waals surface area contributed by atoms with Crippen LogP contribution in [0.4, 0.5) is 5.82 Å². The number of aromatic nitrogens is 2.